The van der Waals surface area contributed by atoms with Crippen LogP contribution in [0.25, 0.3) is 10.8 Å². The van der Waals surface area contributed by atoms with Crippen LogP contribution >= 0.6 is 11.8 Å². The van der Waals surface area contributed by atoms with E-state index in [0.717, 1.165) is 22.2 Å². The second kappa shape index (κ2) is 5.54. The lowest BCUT2D eigenvalue weighted by molar-refractivity contribution is -0.116. The molecule has 1 N–H and O–H groups in total. The minimum Gasteiger partial charge on any atom is -0.325 e. The van der Waals surface area contributed by atoms with Crippen LogP contribution in [0.5, 0.6) is 0 Å². The summed E-state index contributed by atoms with van der Waals surface area (Å²) in [4.78, 5) is 25.0. The number of nitrogens with one attached hydrogen (secondary N) is 1. The average molecular weight is 286 g/mol. The number of amides is 2. The van der Waals surface area contributed by atoms with Gasteiger partial charge in [-0.1, -0.05) is 42.1 Å². The molecule has 0 bridgehead atoms. The fraction of sp³-hybridized carbons (Fsp3) is 0.200. The van der Waals surface area contributed by atoms with Crippen molar-refractivity contribution in [2.75, 3.05) is 24.2 Å². The Morgan fingerprint density at radius 1 is 1.20 bits per heavy atom. The van der Waals surface area contributed by atoms with Crippen LogP contribution in [-0.2, 0) is 4.79 Å². The minimum atomic E-state index is -0.156. The van der Waals surface area contributed by atoms with Gasteiger partial charge in [-0.2, -0.15) is 0 Å². The summed E-state index contributed by atoms with van der Waals surface area (Å²) >= 11 is 1.26. The van der Waals surface area contributed by atoms with Gasteiger partial charge in [0.05, 0.1) is 0 Å². The van der Waals surface area contributed by atoms with Gasteiger partial charge in [-0.25, -0.2) is 0 Å². The van der Waals surface area contributed by atoms with Crippen LogP contribution in [0.2, 0.25) is 0 Å². The van der Waals surface area contributed by atoms with Crippen LogP contribution in [0.3, 0.4) is 0 Å². The van der Waals surface area contributed by atoms with Crippen molar-refractivity contribution in [3.8, 4) is 0 Å². The van der Waals surface area contributed by atoms with E-state index < -0.39 is 0 Å². The predicted molar refractivity (Wildman–Crippen MR) is 82.0 cm³/mol. The van der Waals surface area contributed by atoms with Gasteiger partial charge in [-0.05, 0) is 22.9 Å². The zero-order valence-corrected chi connectivity index (χ0v) is 11.7. The van der Waals surface area contributed by atoms with Crippen molar-refractivity contribution in [1.82, 2.24) is 4.90 Å². The van der Waals surface area contributed by atoms with Gasteiger partial charge >= 0.3 is 0 Å². The Kier molecular flexibility index (Phi) is 3.60. The van der Waals surface area contributed by atoms with Crippen LogP contribution in [0.15, 0.2) is 42.5 Å². The molecule has 1 saturated heterocycles. The molecule has 4 nitrogen and oxygen atoms in total. The number of carbonyl (C=O) groups excluding carboxylic acids is 2. The van der Waals surface area contributed by atoms with Crippen LogP contribution in [0.4, 0.5) is 10.5 Å². The molecule has 20 heavy (non-hydrogen) atoms. The lowest BCUT2D eigenvalue weighted by atomic mass is 10.1. The quantitative estimate of drug-likeness (QED) is 0.943. The van der Waals surface area contributed by atoms with Gasteiger partial charge in [0.25, 0.3) is 5.24 Å². The first-order valence-electron chi connectivity index (χ1n) is 6.43. The van der Waals surface area contributed by atoms with Crippen molar-refractivity contribution >= 4 is 39.4 Å². The second-order valence-corrected chi connectivity index (χ2v) is 5.69. The van der Waals surface area contributed by atoms with Crippen molar-refractivity contribution < 1.29 is 9.59 Å². The van der Waals surface area contributed by atoms with Crippen molar-refractivity contribution in [3.05, 3.63) is 42.5 Å². The number of benzene rings is 2. The molecule has 0 aromatic heterocycles. The van der Waals surface area contributed by atoms with Gasteiger partial charge in [0, 0.05) is 18.0 Å². The van der Waals surface area contributed by atoms with Gasteiger partial charge in [0.1, 0.15) is 6.54 Å². The van der Waals surface area contributed by atoms with Crippen molar-refractivity contribution in [1.29, 1.82) is 0 Å². The number of rotatable bonds is 3. The zero-order valence-electron chi connectivity index (χ0n) is 10.8. The molecule has 0 radical (unpaired) electrons. The van der Waals surface area contributed by atoms with E-state index >= 15 is 0 Å². The third-order valence-corrected chi connectivity index (χ3v) is 4.10. The summed E-state index contributed by atoms with van der Waals surface area (Å²) in [6.07, 6.45) is 0. The molecule has 1 aliphatic heterocycles. The monoisotopic (exact) mass is 286 g/mol. The smallest absolute Gasteiger partial charge is 0.282 e. The van der Waals surface area contributed by atoms with E-state index in [1.54, 1.807) is 4.90 Å². The maximum Gasteiger partial charge on any atom is 0.282 e. The maximum absolute atomic E-state index is 11.9. The number of carbonyl (C=O) groups is 2. The summed E-state index contributed by atoms with van der Waals surface area (Å²) in [7, 11) is 0. The molecule has 0 atom stereocenters. The molecule has 3 rings (SSSR count). The Balaban J connectivity index is 1.69. The van der Waals surface area contributed by atoms with Crippen LogP contribution in [0.1, 0.15) is 0 Å². The molecule has 2 amide bonds. The molecule has 2 aromatic carbocycles. The number of hydrogen-bond donors (Lipinski definition) is 1. The minimum absolute atomic E-state index is 0.0151. The average Bonchev–Trinajstić information content (AvgIpc) is 2.84. The standard InChI is InChI=1S/C15H14N2O2S/c18-14(10-17-7-8-20-15(17)19)16-13-6-5-11-3-1-2-4-12(11)9-13/h1-6,9H,7-8,10H2,(H,16,18). The lowest BCUT2D eigenvalue weighted by Gasteiger charge is -2.14. The van der Waals surface area contributed by atoms with Crippen molar-refractivity contribution in [2.45, 2.75) is 0 Å². The van der Waals surface area contributed by atoms with Crippen molar-refractivity contribution in [3.63, 3.8) is 0 Å². The van der Waals surface area contributed by atoms with Crippen LogP contribution in [0, 0.1) is 0 Å². The third kappa shape index (κ3) is 2.77. The Hall–Kier alpha value is -2.01. The molecular weight excluding hydrogens is 272 g/mol. The number of thioether (sulfide) groups is 1. The number of fused-ring (bicyclic) bond motifs is 1. The van der Waals surface area contributed by atoms with E-state index in [-0.39, 0.29) is 17.7 Å². The third-order valence-electron chi connectivity index (χ3n) is 3.21. The highest BCUT2D eigenvalue weighted by Crippen LogP contribution is 2.20. The van der Waals surface area contributed by atoms with Gasteiger partial charge in [0.15, 0.2) is 0 Å². The lowest BCUT2D eigenvalue weighted by Crippen LogP contribution is -2.33. The first-order valence-corrected chi connectivity index (χ1v) is 7.41. The second-order valence-electron chi connectivity index (χ2n) is 4.65. The fourth-order valence-corrected chi connectivity index (χ4v) is 3.03. The van der Waals surface area contributed by atoms with Gasteiger partial charge < -0.3 is 10.2 Å². The molecule has 5 heteroatoms. The highest BCUT2D eigenvalue weighted by molar-refractivity contribution is 8.13. The normalized spacial score (nSPS) is 14.8. The summed E-state index contributed by atoms with van der Waals surface area (Å²) in [5, 5.41) is 5.04. The summed E-state index contributed by atoms with van der Waals surface area (Å²) in [6.45, 7) is 0.771. The van der Waals surface area contributed by atoms with E-state index in [9.17, 15) is 9.59 Å². The van der Waals surface area contributed by atoms with E-state index in [4.69, 9.17) is 0 Å². The van der Waals surface area contributed by atoms with Gasteiger partial charge in [-0.3, -0.25) is 9.59 Å². The first kappa shape index (κ1) is 13.0. The highest BCUT2D eigenvalue weighted by Gasteiger charge is 2.23. The Morgan fingerprint density at radius 2 is 2.00 bits per heavy atom. The molecule has 1 heterocycles. The van der Waals surface area contributed by atoms with Crippen molar-refractivity contribution in [2.24, 2.45) is 0 Å². The Labute approximate surface area is 121 Å². The van der Waals surface area contributed by atoms with Crippen LogP contribution in [-0.4, -0.2) is 34.9 Å². The Bertz CT molecular complexity index is 672. The molecule has 0 spiro atoms. The predicted octanol–water partition coefficient (Wildman–Crippen LogP) is 2.95. The summed E-state index contributed by atoms with van der Waals surface area (Å²) in [6, 6.07) is 13.8. The van der Waals surface area contributed by atoms with E-state index in [1.165, 1.54) is 11.8 Å². The first-order chi connectivity index (χ1) is 9.72. The molecule has 102 valence electrons. The molecule has 1 aliphatic rings. The zero-order chi connectivity index (χ0) is 13.9. The summed E-state index contributed by atoms with van der Waals surface area (Å²) in [5.41, 5.74) is 0.757. The molecule has 0 saturated carbocycles. The van der Waals surface area contributed by atoms with E-state index in [2.05, 4.69) is 5.32 Å². The molecular formula is C15H14N2O2S. The number of nitrogens with zero attached hydrogens (tertiary/aromatic N) is 1. The highest BCUT2D eigenvalue weighted by atomic mass is 32.2. The SMILES string of the molecule is O=C(CN1CCSC1=O)Nc1ccc2ccccc2c1. The fourth-order valence-electron chi connectivity index (χ4n) is 2.21. The summed E-state index contributed by atoms with van der Waals surface area (Å²) in [5.74, 6) is 0.610. The summed E-state index contributed by atoms with van der Waals surface area (Å²) < 4.78 is 0. The van der Waals surface area contributed by atoms with Gasteiger partial charge in [-0.15, -0.1) is 0 Å². The molecule has 0 aliphatic carbocycles. The topological polar surface area (TPSA) is 49.4 Å². The van der Waals surface area contributed by atoms with Crippen LogP contribution < -0.4 is 5.32 Å². The molecule has 0 unspecified atom stereocenters. The Morgan fingerprint density at radius 3 is 2.75 bits per heavy atom. The maximum atomic E-state index is 11.9. The number of hydrogen-bond acceptors (Lipinski definition) is 3. The van der Waals surface area contributed by atoms with E-state index in [0.29, 0.717) is 6.54 Å². The molecule has 2 aromatic rings. The van der Waals surface area contributed by atoms with E-state index in [1.807, 2.05) is 42.5 Å². The van der Waals surface area contributed by atoms with Gasteiger partial charge in [0.2, 0.25) is 5.91 Å². The largest absolute Gasteiger partial charge is 0.325 e. The molecule has 1 fully saturated rings. The number of anilines is 1.